The Morgan fingerprint density at radius 3 is 2.44 bits per heavy atom. The van der Waals surface area contributed by atoms with Gasteiger partial charge in [-0.2, -0.15) is 4.90 Å². The van der Waals surface area contributed by atoms with Crippen LogP contribution < -0.4 is 19.9 Å². The third-order valence-electron chi connectivity index (χ3n) is 7.60. The second-order valence-corrected chi connectivity index (χ2v) is 13.8. The zero-order valence-electron chi connectivity index (χ0n) is 29.1. The number of pyridine rings is 1. The number of hydrogen-bond donors (Lipinski definition) is 2. The Morgan fingerprint density at radius 2 is 1.78 bits per heavy atom. The van der Waals surface area contributed by atoms with Crippen LogP contribution in [-0.2, 0) is 16.0 Å². The molecule has 16 heteroatoms. The van der Waals surface area contributed by atoms with Crippen LogP contribution in [0.4, 0.5) is 30.3 Å². The monoisotopic (exact) mass is 692 g/mol. The number of alkyl carbamates (subject to hydrolysis) is 1. The molecule has 3 amide bonds. The number of fused-ring (bicyclic) bond motifs is 1. The SMILES string of the molecule is COc1ccc(-c2cc(Cn3cnc4c(N(C(=O)O)C(=O)OC(C)(C)C)ncnc43)c(N3CCCC(NC(=O)OC(C)(C)C)C3)cn2)cc1F. The summed E-state index contributed by atoms with van der Waals surface area (Å²) in [6.07, 6.45) is 2.63. The fourth-order valence-electron chi connectivity index (χ4n) is 5.57. The maximum absolute atomic E-state index is 14.7. The smallest absolute Gasteiger partial charge is 0.425 e. The van der Waals surface area contributed by atoms with Crippen LogP contribution in [0.15, 0.2) is 43.1 Å². The summed E-state index contributed by atoms with van der Waals surface area (Å²) in [5, 5.41) is 12.9. The Labute approximate surface area is 288 Å². The summed E-state index contributed by atoms with van der Waals surface area (Å²) < 4.78 is 32.3. The summed E-state index contributed by atoms with van der Waals surface area (Å²) >= 11 is 0. The maximum atomic E-state index is 14.7. The molecule has 0 saturated carbocycles. The standard InChI is InChI=1S/C34H41FN8O7/c1-33(2,3)49-30(44)40-22-9-8-12-41(17-22)25-15-36-24(20-10-11-26(48-7)23(35)13-20)14-21(25)16-42-19-39-27-28(42)37-18-38-29(27)43(31(45)46)32(47)50-34(4,5)6/h10-11,13-15,18-19,22H,8-9,12,16-17H2,1-7H3,(H,40,44)(H,45,46). The van der Waals surface area contributed by atoms with Crippen LogP contribution in [0, 0.1) is 5.82 Å². The highest BCUT2D eigenvalue weighted by atomic mass is 19.1. The van der Waals surface area contributed by atoms with Crippen molar-refractivity contribution in [3.63, 3.8) is 0 Å². The Morgan fingerprint density at radius 1 is 1.04 bits per heavy atom. The van der Waals surface area contributed by atoms with Gasteiger partial charge >= 0.3 is 18.3 Å². The molecule has 3 aromatic heterocycles. The molecule has 0 spiro atoms. The first-order chi connectivity index (χ1) is 23.5. The van der Waals surface area contributed by atoms with Gasteiger partial charge < -0.3 is 34.1 Å². The molecule has 1 aliphatic rings. The average Bonchev–Trinajstić information content (AvgIpc) is 3.42. The van der Waals surface area contributed by atoms with Gasteiger partial charge in [-0.25, -0.2) is 33.7 Å². The average molecular weight is 693 g/mol. The fraction of sp³-hybridized carbons (Fsp3) is 0.441. The van der Waals surface area contributed by atoms with Crippen molar-refractivity contribution in [3.8, 4) is 17.0 Å². The summed E-state index contributed by atoms with van der Waals surface area (Å²) in [6.45, 7) is 11.6. The zero-order valence-corrected chi connectivity index (χ0v) is 29.1. The van der Waals surface area contributed by atoms with Crippen molar-refractivity contribution >= 4 is 40.9 Å². The minimum Gasteiger partial charge on any atom is -0.494 e. The molecule has 5 rings (SSSR count). The second-order valence-electron chi connectivity index (χ2n) is 13.8. The molecule has 2 N–H and O–H groups in total. The summed E-state index contributed by atoms with van der Waals surface area (Å²) in [4.78, 5) is 57.7. The number of benzene rings is 1. The number of carbonyl (C=O) groups is 3. The fourth-order valence-corrected chi connectivity index (χ4v) is 5.57. The first kappa shape index (κ1) is 35.8. The van der Waals surface area contributed by atoms with E-state index < -0.39 is 35.3 Å². The van der Waals surface area contributed by atoms with E-state index in [2.05, 4.69) is 30.2 Å². The largest absolute Gasteiger partial charge is 0.494 e. The van der Waals surface area contributed by atoms with E-state index in [1.807, 2.05) is 6.07 Å². The normalized spacial score (nSPS) is 15.0. The summed E-state index contributed by atoms with van der Waals surface area (Å²) in [5.41, 5.74) is 1.25. The predicted molar refractivity (Wildman–Crippen MR) is 182 cm³/mol. The van der Waals surface area contributed by atoms with Gasteiger partial charge in [0.15, 0.2) is 28.5 Å². The molecule has 50 heavy (non-hydrogen) atoms. The third-order valence-corrected chi connectivity index (χ3v) is 7.60. The van der Waals surface area contributed by atoms with Gasteiger partial charge in [-0.15, -0.1) is 0 Å². The van der Waals surface area contributed by atoms with Crippen LogP contribution in [0.3, 0.4) is 0 Å². The summed E-state index contributed by atoms with van der Waals surface area (Å²) in [5.74, 6) is -0.696. The summed E-state index contributed by atoms with van der Waals surface area (Å²) in [7, 11) is 1.39. The zero-order chi connectivity index (χ0) is 36.4. The molecule has 15 nitrogen and oxygen atoms in total. The molecule has 0 radical (unpaired) electrons. The number of carboxylic acid groups (broad SMARTS) is 1. The van der Waals surface area contributed by atoms with Crippen molar-refractivity contribution in [2.75, 3.05) is 30.0 Å². The number of methoxy groups -OCH3 is 1. The molecule has 4 heterocycles. The lowest BCUT2D eigenvalue weighted by Gasteiger charge is -2.36. The molecule has 1 fully saturated rings. The van der Waals surface area contributed by atoms with Crippen LogP contribution in [-0.4, -0.2) is 85.3 Å². The lowest BCUT2D eigenvalue weighted by atomic mass is 10.0. The number of imide groups is 1. The number of piperidine rings is 1. The number of carbonyl (C=O) groups excluding carboxylic acids is 2. The van der Waals surface area contributed by atoms with Gasteiger partial charge in [-0.3, -0.25) is 4.98 Å². The molecular weight excluding hydrogens is 651 g/mol. The first-order valence-corrected chi connectivity index (χ1v) is 16.0. The van der Waals surface area contributed by atoms with E-state index in [4.69, 9.17) is 14.2 Å². The van der Waals surface area contributed by atoms with Gasteiger partial charge in [0.2, 0.25) is 0 Å². The van der Waals surface area contributed by atoms with Crippen LogP contribution in [0.1, 0.15) is 59.9 Å². The van der Waals surface area contributed by atoms with E-state index in [9.17, 15) is 23.9 Å². The Hall–Kier alpha value is -5.54. The third kappa shape index (κ3) is 8.36. The number of ether oxygens (including phenoxy) is 3. The quantitative estimate of drug-likeness (QED) is 0.232. The van der Waals surface area contributed by atoms with Gasteiger partial charge in [0, 0.05) is 24.7 Å². The minimum atomic E-state index is -1.60. The van der Waals surface area contributed by atoms with Crippen molar-refractivity contribution < 1.29 is 38.1 Å². The molecule has 1 atom stereocenters. The first-order valence-electron chi connectivity index (χ1n) is 16.0. The van der Waals surface area contributed by atoms with Crippen molar-refractivity contribution in [1.29, 1.82) is 0 Å². The van der Waals surface area contributed by atoms with Gasteiger partial charge in [-0.1, -0.05) is 0 Å². The van der Waals surface area contributed by atoms with Crippen LogP contribution >= 0.6 is 0 Å². The highest BCUT2D eigenvalue weighted by Gasteiger charge is 2.33. The number of hydrogen-bond acceptors (Lipinski definition) is 11. The summed E-state index contributed by atoms with van der Waals surface area (Å²) in [6, 6.07) is 6.22. The van der Waals surface area contributed by atoms with Crippen molar-refractivity contribution in [2.45, 2.75) is 78.2 Å². The second kappa shape index (κ2) is 14.1. The number of rotatable bonds is 7. The molecule has 1 aromatic carbocycles. The van der Waals surface area contributed by atoms with Crippen molar-refractivity contribution in [1.82, 2.24) is 29.8 Å². The number of imidazole rings is 1. The van der Waals surface area contributed by atoms with E-state index in [-0.39, 0.29) is 35.3 Å². The molecule has 0 bridgehead atoms. The molecule has 4 aromatic rings. The van der Waals surface area contributed by atoms with Crippen molar-refractivity contribution in [2.24, 2.45) is 0 Å². The number of nitrogens with one attached hydrogen (secondary N) is 1. The molecule has 1 unspecified atom stereocenters. The van der Waals surface area contributed by atoms with Crippen molar-refractivity contribution in [3.05, 3.63) is 54.5 Å². The maximum Gasteiger partial charge on any atom is 0.425 e. The van der Waals surface area contributed by atoms with E-state index >= 15 is 0 Å². The van der Waals surface area contributed by atoms with E-state index in [0.29, 0.717) is 29.2 Å². The number of nitrogens with zero attached hydrogens (tertiary/aromatic N) is 7. The number of amides is 3. The van der Waals surface area contributed by atoms with E-state index in [1.54, 1.807) is 58.4 Å². The number of anilines is 2. The lowest BCUT2D eigenvalue weighted by molar-refractivity contribution is 0.0498. The van der Waals surface area contributed by atoms with Gasteiger partial charge in [0.05, 0.1) is 37.6 Å². The molecular formula is C34H41FN8O7. The number of aromatic nitrogens is 5. The highest BCUT2D eigenvalue weighted by Crippen LogP contribution is 2.32. The minimum absolute atomic E-state index is 0.0633. The van der Waals surface area contributed by atoms with Gasteiger partial charge in [0.1, 0.15) is 17.5 Å². The molecule has 1 saturated heterocycles. The topological polar surface area (TPSA) is 174 Å². The molecule has 266 valence electrons. The highest BCUT2D eigenvalue weighted by molar-refractivity contribution is 6.11. The van der Waals surface area contributed by atoms with E-state index in [0.717, 1.165) is 30.4 Å². The molecule has 1 aliphatic heterocycles. The van der Waals surface area contributed by atoms with Gasteiger partial charge in [-0.05, 0) is 84.2 Å². The Kier molecular flexibility index (Phi) is 10.1. The lowest BCUT2D eigenvalue weighted by Crippen LogP contribution is -2.49. The van der Waals surface area contributed by atoms with Crippen LogP contribution in [0.25, 0.3) is 22.4 Å². The Bertz CT molecular complexity index is 1900. The van der Waals surface area contributed by atoms with E-state index in [1.165, 1.54) is 25.6 Å². The van der Waals surface area contributed by atoms with Crippen LogP contribution in [0.2, 0.25) is 0 Å². The predicted octanol–water partition coefficient (Wildman–Crippen LogP) is 6.00. The number of halogens is 1. The molecule has 0 aliphatic carbocycles. The Balaban J connectivity index is 1.53. The van der Waals surface area contributed by atoms with Crippen LogP contribution in [0.5, 0.6) is 5.75 Å². The van der Waals surface area contributed by atoms with Gasteiger partial charge in [0.25, 0.3) is 0 Å².